The SMILES string of the molecule is Cc1ccc(NC2CCN(CCc3ccccc3NC(=O)CC3CCCCC3)CC2)cc1. The van der Waals surface area contributed by atoms with Gasteiger partial charge >= 0.3 is 0 Å². The summed E-state index contributed by atoms with van der Waals surface area (Å²) in [6.45, 7) is 5.43. The lowest BCUT2D eigenvalue weighted by Gasteiger charge is -2.33. The molecule has 2 fully saturated rings. The van der Waals surface area contributed by atoms with Gasteiger partial charge in [-0.3, -0.25) is 4.79 Å². The molecule has 2 N–H and O–H groups in total. The molecule has 1 saturated heterocycles. The lowest BCUT2D eigenvalue weighted by Crippen LogP contribution is -2.40. The number of para-hydroxylation sites is 1. The first-order chi connectivity index (χ1) is 15.7. The van der Waals surface area contributed by atoms with Crippen LogP contribution in [0.15, 0.2) is 48.5 Å². The van der Waals surface area contributed by atoms with Gasteiger partial charge in [0.15, 0.2) is 0 Å². The number of carbonyl (C=O) groups is 1. The fourth-order valence-electron chi connectivity index (χ4n) is 5.18. The van der Waals surface area contributed by atoms with Crippen molar-refractivity contribution in [1.29, 1.82) is 0 Å². The molecule has 4 nitrogen and oxygen atoms in total. The van der Waals surface area contributed by atoms with Gasteiger partial charge in [0.05, 0.1) is 0 Å². The number of amides is 1. The van der Waals surface area contributed by atoms with E-state index in [4.69, 9.17) is 0 Å². The summed E-state index contributed by atoms with van der Waals surface area (Å²) < 4.78 is 0. The van der Waals surface area contributed by atoms with Gasteiger partial charge in [0.25, 0.3) is 0 Å². The Morgan fingerprint density at radius 3 is 2.41 bits per heavy atom. The minimum atomic E-state index is 0.187. The zero-order chi connectivity index (χ0) is 22.2. The van der Waals surface area contributed by atoms with Crippen molar-refractivity contribution in [3.8, 4) is 0 Å². The number of benzene rings is 2. The van der Waals surface area contributed by atoms with E-state index >= 15 is 0 Å². The van der Waals surface area contributed by atoms with Gasteiger partial charge in [-0.1, -0.05) is 55.2 Å². The number of nitrogens with one attached hydrogen (secondary N) is 2. The third-order valence-electron chi connectivity index (χ3n) is 7.20. The van der Waals surface area contributed by atoms with Gasteiger partial charge in [-0.2, -0.15) is 0 Å². The number of piperidine rings is 1. The quantitative estimate of drug-likeness (QED) is 0.535. The maximum atomic E-state index is 12.6. The number of carbonyl (C=O) groups excluding carboxylic acids is 1. The molecular weight excluding hydrogens is 394 g/mol. The van der Waals surface area contributed by atoms with E-state index in [0.717, 1.165) is 31.7 Å². The lowest BCUT2D eigenvalue weighted by molar-refractivity contribution is -0.117. The van der Waals surface area contributed by atoms with Crippen molar-refractivity contribution in [2.75, 3.05) is 30.3 Å². The summed E-state index contributed by atoms with van der Waals surface area (Å²) in [5.74, 6) is 0.762. The molecule has 2 aliphatic rings. The molecule has 172 valence electrons. The predicted octanol–water partition coefficient (Wildman–Crippen LogP) is 6.02. The fourth-order valence-corrected chi connectivity index (χ4v) is 5.18. The van der Waals surface area contributed by atoms with E-state index < -0.39 is 0 Å². The molecule has 1 aliphatic heterocycles. The van der Waals surface area contributed by atoms with Crippen molar-refractivity contribution in [1.82, 2.24) is 4.90 Å². The molecule has 1 saturated carbocycles. The maximum absolute atomic E-state index is 12.6. The summed E-state index contributed by atoms with van der Waals surface area (Å²) >= 11 is 0. The number of likely N-dealkylation sites (tertiary alicyclic amines) is 1. The molecule has 4 rings (SSSR count). The van der Waals surface area contributed by atoms with E-state index in [1.807, 2.05) is 6.07 Å². The third kappa shape index (κ3) is 6.83. The Morgan fingerprint density at radius 2 is 1.66 bits per heavy atom. The molecule has 32 heavy (non-hydrogen) atoms. The second-order valence-electron chi connectivity index (χ2n) is 9.79. The zero-order valence-electron chi connectivity index (χ0n) is 19.6. The topological polar surface area (TPSA) is 44.4 Å². The minimum Gasteiger partial charge on any atom is -0.382 e. The highest BCUT2D eigenvalue weighted by Crippen LogP contribution is 2.27. The first-order valence-electron chi connectivity index (χ1n) is 12.6. The van der Waals surface area contributed by atoms with Crippen LogP contribution >= 0.6 is 0 Å². The fraction of sp³-hybridized carbons (Fsp3) is 0.536. The Hall–Kier alpha value is -2.33. The standard InChI is InChI=1S/C28H39N3O/c1-22-11-13-25(14-12-22)29-26-16-19-31(20-17-26)18-15-24-9-5-6-10-27(24)30-28(32)21-23-7-3-2-4-8-23/h5-6,9-14,23,26,29H,2-4,7-8,15-21H2,1H3,(H,30,32). The molecule has 1 heterocycles. The Kier molecular flexibility index (Phi) is 8.22. The Labute approximate surface area is 193 Å². The van der Waals surface area contributed by atoms with Crippen LogP contribution in [-0.4, -0.2) is 36.5 Å². The van der Waals surface area contributed by atoms with E-state index in [0.29, 0.717) is 18.4 Å². The molecule has 2 aromatic rings. The number of hydrogen-bond acceptors (Lipinski definition) is 3. The van der Waals surface area contributed by atoms with Crippen LogP contribution in [0.2, 0.25) is 0 Å². The van der Waals surface area contributed by atoms with E-state index in [9.17, 15) is 4.79 Å². The third-order valence-corrected chi connectivity index (χ3v) is 7.20. The largest absolute Gasteiger partial charge is 0.382 e. The van der Waals surface area contributed by atoms with E-state index in [1.165, 1.54) is 61.8 Å². The maximum Gasteiger partial charge on any atom is 0.224 e. The lowest BCUT2D eigenvalue weighted by atomic mass is 9.87. The van der Waals surface area contributed by atoms with Crippen LogP contribution in [-0.2, 0) is 11.2 Å². The summed E-state index contributed by atoms with van der Waals surface area (Å²) in [4.78, 5) is 15.2. The second kappa shape index (κ2) is 11.5. The van der Waals surface area contributed by atoms with Crippen LogP contribution in [0, 0.1) is 12.8 Å². The Bertz CT molecular complexity index is 849. The van der Waals surface area contributed by atoms with Gasteiger partial charge in [-0.05, 0) is 68.7 Å². The number of nitrogens with zero attached hydrogens (tertiary/aromatic N) is 1. The van der Waals surface area contributed by atoms with E-state index in [1.54, 1.807) is 0 Å². The normalized spacial score (nSPS) is 18.4. The van der Waals surface area contributed by atoms with Crippen LogP contribution < -0.4 is 10.6 Å². The Morgan fingerprint density at radius 1 is 0.938 bits per heavy atom. The van der Waals surface area contributed by atoms with Crippen molar-refractivity contribution in [3.05, 3.63) is 59.7 Å². The highest BCUT2D eigenvalue weighted by molar-refractivity contribution is 5.91. The molecule has 0 spiro atoms. The van der Waals surface area contributed by atoms with Crippen molar-refractivity contribution < 1.29 is 4.79 Å². The van der Waals surface area contributed by atoms with Crippen LogP contribution in [0.25, 0.3) is 0 Å². The predicted molar refractivity (Wildman–Crippen MR) is 134 cm³/mol. The average molecular weight is 434 g/mol. The van der Waals surface area contributed by atoms with Gasteiger partial charge in [0.1, 0.15) is 0 Å². The summed E-state index contributed by atoms with van der Waals surface area (Å²) in [6, 6.07) is 17.6. The van der Waals surface area contributed by atoms with Crippen molar-refractivity contribution in [2.24, 2.45) is 5.92 Å². The number of hydrogen-bond donors (Lipinski definition) is 2. The molecule has 1 amide bonds. The minimum absolute atomic E-state index is 0.187. The molecule has 0 aromatic heterocycles. The Balaban J connectivity index is 1.22. The van der Waals surface area contributed by atoms with Gasteiger partial charge in [0, 0.05) is 43.5 Å². The molecule has 1 aliphatic carbocycles. The van der Waals surface area contributed by atoms with Gasteiger partial charge in [-0.15, -0.1) is 0 Å². The summed E-state index contributed by atoms with van der Waals surface area (Å²) in [6.07, 6.45) is 10.3. The highest BCUT2D eigenvalue weighted by Gasteiger charge is 2.20. The van der Waals surface area contributed by atoms with Crippen LogP contribution in [0.4, 0.5) is 11.4 Å². The summed E-state index contributed by atoms with van der Waals surface area (Å²) in [5, 5.41) is 6.91. The smallest absolute Gasteiger partial charge is 0.224 e. The van der Waals surface area contributed by atoms with Crippen LogP contribution in [0.3, 0.4) is 0 Å². The van der Waals surface area contributed by atoms with E-state index in [2.05, 4.69) is 64.9 Å². The molecule has 2 aromatic carbocycles. The first kappa shape index (κ1) is 22.8. The van der Waals surface area contributed by atoms with Crippen molar-refractivity contribution in [3.63, 3.8) is 0 Å². The van der Waals surface area contributed by atoms with Crippen molar-refractivity contribution >= 4 is 17.3 Å². The second-order valence-corrected chi connectivity index (χ2v) is 9.79. The van der Waals surface area contributed by atoms with Crippen molar-refractivity contribution in [2.45, 2.75) is 70.8 Å². The van der Waals surface area contributed by atoms with Gasteiger partial charge in [-0.25, -0.2) is 0 Å². The average Bonchev–Trinajstić information content (AvgIpc) is 2.81. The molecule has 0 atom stereocenters. The summed E-state index contributed by atoms with van der Waals surface area (Å²) in [7, 11) is 0. The van der Waals surface area contributed by atoms with Gasteiger partial charge < -0.3 is 15.5 Å². The first-order valence-corrected chi connectivity index (χ1v) is 12.6. The molecule has 0 bridgehead atoms. The highest BCUT2D eigenvalue weighted by atomic mass is 16.1. The monoisotopic (exact) mass is 433 g/mol. The van der Waals surface area contributed by atoms with Gasteiger partial charge in [0.2, 0.25) is 5.91 Å². The zero-order valence-corrected chi connectivity index (χ0v) is 19.6. The number of anilines is 2. The summed E-state index contributed by atoms with van der Waals surface area (Å²) in [5.41, 5.74) is 4.79. The van der Waals surface area contributed by atoms with E-state index in [-0.39, 0.29) is 5.91 Å². The molecule has 0 radical (unpaired) electrons. The number of aryl methyl sites for hydroxylation is 1. The van der Waals surface area contributed by atoms with Crippen LogP contribution in [0.5, 0.6) is 0 Å². The number of rotatable bonds is 8. The van der Waals surface area contributed by atoms with Crippen LogP contribution in [0.1, 0.15) is 62.5 Å². The molecular formula is C28H39N3O. The molecule has 4 heteroatoms. The molecule has 0 unspecified atom stereocenters.